The third-order valence-electron chi connectivity index (χ3n) is 4.78. The molecule has 2 N–H and O–H groups in total. The first-order valence-corrected chi connectivity index (χ1v) is 9.53. The van der Waals surface area contributed by atoms with E-state index >= 15 is 0 Å². The van der Waals surface area contributed by atoms with Crippen LogP contribution < -0.4 is 10.6 Å². The Morgan fingerprint density at radius 3 is 2.12 bits per heavy atom. The van der Waals surface area contributed by atoms with E-state index in [4.69, 9.17) is 0 Å². The second-order valence-corrected chi connectivity index (χ2v) is 6.91. The summed E-state index contributed by atoms with van der Waals surface area (Å²) in [6, 6.07) is 6.47. The minimum absolute atomic E-state index is 0.142. The zero-order valence-electron chi connectivity index (χ0n) is 14.7. The highest BCUT2D eigenvalue weighted by molar-refractivity contribution is 5.74. The molecule has 24 heavy (non-hydrogen) atoms. The lowest BCUT2D eigenvalue weighted by Gasteiger charge is -2.20. The summed E-state index contributed by atoms with van der Waals surface area (Å²) in [6.07, 6.45) is 13.8. The largest absolute Gasteiger partial charge is 0.335 e. The van der Waals surface area contributed by atoms with Crippen molar-refractivity contribution in [1.29, 1.82) is 0 Å². The van der Waals surface area contributed by atoms with E-state index in [1.54, 1.807) is 6.07 Å². The summed E-state index contributed by atoms with van der Waals surface area (Å²) in [4.78, 5) is 12.1. The van der Waals surface area contributed by atoms with Gasteiger partial charge in [-0.3, -0.25) is 0 Å². The van der Waals surface area contributed by atoms with Crippen LogP contribution in [0.3, 0.4) is 0 Å². The number of urea groups is 1. The van der Waals surface area contributed by atoms with Crippen LogP contribution in [0.4, 0.5) is 9.18 Å². The molecular weight excluding hydrogens is 303 g/mol. The lowest BCUT2D eigenvalue weighted by molar-refractivity contribution is 0.234. The predicted octanol–water partition coefficient (Wildman–Crippen LogP) is 5.30. The maximum atomic E-state index is 13.2. The topological polar surface area (TPSA) is 41.1 Å². The van der Waals surface area contributed by atoms with Gasteiger partial charge in [0, 0.05) is 12.6 Å². The molecule has 0 bridgehead atoms. The molecule has 1 aliphatic rings. The van der Waals surface area contributed by atoms with Crippen LogP contribution in [-0.2, 0) is 6.54 Å². The number of benzene rings is 1. The molecule has 2 amide bonds. The Bertz CT molecular complexity index is 480. The highest BCUT2D eigenvalue weighted by Gasteiger charge is 2.12. The molecule has 0 atom stereocenters. The third kappa shape index (κ3) is 7.80. The molecule has 1 aromatic rings. The number of hydrogen-bond acceptors (Lipinski definition) is 1. The van der Waals surface area contributed by atoms with Crippen LogP contribution >= 0.6 is 0 Å². The zero-order valence-corrected chi connectivity index (χ0v) is 14.7. The predicted molar refractivity (Wildman–Crippen MR) is 96.3 cm³/mol. The van der Waals surface area contributed by atoms with E-state index in [-0.39, 0.29) is 17.9 Å². The standard InChI is InChI=1S/C20H31FN2O/c21-18-12-10-11-17(15-18)16-22-20(24)23-19-13-8-6-4-2-1-3-5-7-9-14-19/h10-12,15,19H,1-9,13-14,16H2,(H2,22,23,24). The minimum Gasteiger partial charge on any atom is -0.335 e. The van der Waals surface area contributed by atoms with Crippen molar-refractivity contribution in [2.45, 2.75) is 83.2 Å². The summed E-state index contributed by atoms with van der Waals surface area (Å²) < 4.78 is 13.2. The third-order valence-corrected chi connectivity index (χ3v) is 4.78. The van der Waals surface area contributed by atoms with Crippen LogP contribution in [0.5, 0.6) is 0 Å². The van der Waals surface area contributed by atoms with Gasteiger partial charge >= 0.3 is 6.03 Å². The second kappa shape index (κ2) is 11.1. The summed E-state index contributed by atoms with van der Waals surface area (Å²) in [5.41, 5.74) is 0.781. The maximum Gasteiger partial charge on any atom is 0.315 e. The van der Waals surface area contributed by atoms with E-state index in [9.17, 15) is 9.18 Å². The van der Waals surface area contributed by atoms with Gasteiger partial charge in [-0.2, -0.15) is 0 Å². The van der Waals surface area contributed by atoms with Crippen LogP contribution in [0.2, 0.25) is 0 Å². The van der Waals surface area contributed by atoms with Gasteiger partial charge in [0.2, 0.25) is 0 Å². The Morgan fingerprint density at radius 2 is 1.54 bits per heavy atom. The van der Waals surface area contributed by atoms with Gasteiger partial charge in [0.05, 0.1) is 0 Å². The van der Waals surface area contributed by atoms with E-state index in [1.165, 1.54) is 69.9 Å². The zero-order chi connectivity index (χ0) is 17.0. The molecule has 1 saturated carbocycles. The lowest BCUT2D eigenvalue weighted by Crippen LogP contribution is -2.41. The molecule has 1 aromatic carbocycles. The van der Waals surface area contributed by atoms with Gasteiger partial charge in [-0.15, -0.1) is 0 Å². The van der Waals surface area contributed by atoms with Crippen molar-refractivity contribution in [1.82, 2.24) is 10.6 Å². The first-order valence-electron chi connectivity index (χ1n) is 9.53. The van der Waals surface area contributed by atoms with Crippen LogP contribution in [0.15, 0.2) is 24.3 Å². The molecule has 0 aromatic heterocycles. The van der Waals surface area contributed by atoms with Gasteiger partial charge in [0.15, 0.2) is 0 Å². The Labute approximate surface area is 145 Å². The van der Waals surface area contributed by atoms with Crippen LogP contribution in [0, 0.1) is 5.82 Å². The monoisotopic (exact) mass is 334 g/mol. The molecule has 0 radical (unpaired) electrons. The van der Waals surface area contributed by atoms with E-state index in [2.05, 4.69) is 10.6 Å². The lowest BCUT2D eigenvalue weighted by atomic mass is 9.98. The summed E-state index contributed by atoms with van der Waals surface area (Å²) in [7, 11) is 0. The fraction of sp³-hybridized carbons (Fsp3) is 0.650. The van der Waals surface area contributed by atoms with Crippen molar-refractivity contribution in [3.05, 3.63) is 35.6 Å². The van der Waals surface area contributed by atoms with E-state index in [1.807, 2.05) is 6.07 Å². The Kier molecular flexibility index (Phi) is 8.64. The molecule has 3 nitrogen and oxygen atoms in total. The molecule has 1 fully saturated rings. The molecule has 0 spiro atoms. The van der Waals surface area contributed by atoms with Crippen molar-refractivity contribution >= 4 is 6.03 Å². The molecule has 0 aliphatic heterocycles. The number of rotatable bonds is 3. The van der Waals surface area contributed by atoms with Gasteiger partial charge in [-0.25, -0.2) is 9.18 Å². The Balaban J connectivity index is 1.74. The molecule has 134 valence electrons. The molecule has 2 rings (SSSR count). The summed E-state index contributed by atoms with van der Waals surface area (Å²) in [5.74, 6) is -0.269. The van der Waals surface area contributed by atoms with Gasteiger partial charge in [0.25, 0.3) is 0 Å². The number of hydrogen-bond donors (Lipinski definition) is 2. The number of carbonyl (C=O) groups excluding carboxylic acids is 1. The number of halogens is 1. The molecule has 0 saturated heterocycles. The second-order valence-electron chi connectivity index (χ2n) is 6.91. The normalized spacial score (nSPS) is 18.2. The van der Waals surface area contributed by atoms with Crippen LogP contribution in [-0.4, -0.2) is 12.1 Å². The number of carbonyl (C=O) groups is 1. The van der Waals surface area contributed by atoms with Crippen molar-refractivity contribution in [3.8, 4) is 0 Å². The first kappa shape index (κ1) is 18.8. The fourth-order valence-electron chi connectivity index (χ4n) is 3.37. The SMILES string of the molecule is O=C(NCc1cccc(F)c1)NC1CCCCCCCCCCC1. The van der Waals surface area contributed by atoms with E-state index < -0.39 is 0 Å². The maximum absolute atomic E-state index is 13.2. The highest BCUT2D eigenvalue weighted by Crippen LogP contribution is 2.17. The fourth-order valence-corrected chi connectivity index (χ4v) is 3.37. The van der Waals surface area contributed by atoms with E-state index in [0.29, 0.717) is 6.54 Å². The average Bonchev–Trinajstić information content (AvgIpc) is 2.55. The highest BCUT2D eigenvalue weighted by atomic mass is 19.1. The van der Waals surface area contributed by atoms with Crippen LogP contribution in [0.25, 0.3) is 0 Å². The molecule has 4 heteroatoms. The minimum atomic E-state index is -0.269. The molecule has 0 heterocycles. The Hall–Kier alpha value is -1.58. The molecule has 1 aliphatic carbocycles. The van der Waals surface area contributed by atoms with Gasteiger partial charge in [-0.1, -0.05) is 69.9 Å². The summed E-state index contributed by atoms with van der Waals surface area (Å²) in [6.45, 7) is 0.357. The van der Waals surface area contributed by atoms with Crippen molar-refractivity contribution in [2.75, 3.05) is 0 Å². The average molecular weight is 334 g/mol. The van der Waals surface area contributed by atoms with E-state index in [0.717, 1.165) is 18.4 Å². The quantitative estimate of drug-likeness (QED) is 0.774. The van der Waals surface area contributed by atoms with Gasteiger partial charge < -0.3 is 10.6 Å². The van der Waals surface area contributed by atoms with Crippen molar-refractivity contribution in [3.63, 3.8) is 0 Å². The van der Waals surface area contributed by atoms with Crippen molar-refractivity contribution in [2.24, 2.45) is 0 Å². The number of nitrogens with one attached hydrogen (secondary N) is 2. The summed E-state index contributed by atoms with van der Waals surface area (Å²) in [5, 5.41) is 5.96. The van der Waals surface area contributed by atoms with Gasteiger partial charge in [0.1, 0.15) is 5.82 Å². The summed E-state index contributed by atoms with van der Waals surface area (Å²) >= 11 is 0. The number of amides is 2. The Morgan fingerprint density at radius 1 is 0.958 bits per heavy atom. The van der Waals surface area contributed by atoms with Gasteiger partial charge in [-0.05, 0) is 30.5 Å². The first-order chi connectivity index (χ1) is 11.7. The smallest absolute Gasteiger partial charge is 0.315 e. The van der Waals surface area contributed by atoms with Crippen molar-refractivity contribution < 1.29 is 9.18 Å². The molecule has 0 unspecified atom stereocenters. The van der Waals surface area contributed by atoms with Crippen LogP contribution in [0.1, 0.15) is 76.2 Å². The molecular formula is C20H31FN2O.